The highest BCUT2D eigenvalue weighted by molar-refractivity contribution is 7.99. The van der Waals surface area contributed by atoms with Gasteiger partial charge in [-0.2, -0.15) is 11.8 Å². The summed E-state index contributed by atoms with van der Waals surface area (Å²) in [6.45, 7) is 3.14. The number of hydrogen-bond donors (Lipinski definition) is 0. The van der Waals surface area contributed by atoms with Gasteiger partial charge in [0.15, 0.2) is 0 Å². The number of nitrogens with zero attached hydrogens (tertiary/aromatic N) is 2. The molecule has 0 N–H and O–H groups in total. The highest BCUT2D eigenvalue weighted by Crippen LogP contribution is 2.26. The molecule has 0 amide bonds. The molecule has 0 fully saturated rings. The lowest BCUT2D eigenvalue weighted by Gasteiger charge is -2.07. The third kappa shape index (κ3) is 3.18. The molecule has 0 unspecified atom stereocenters. The number of imidazole rings is 1. The number of ether oxygens (including phenoxy) is 1. The van der Waals surface area contributed by atoms with Crippen molar-refractivity contribution in [2.75, 3.05) is 18.6 Å². The van der Waals surface area contributed by atoms with Gasteiger partial charge < -0.3 is 9.30 Å². The highest BCUT2D eigenvalue weighted by atomic mass is 35.5. The Kier molecular flexibility index (Phi) is 5.40. The molecule has 104 valence electrons. The van der Waals surface area contributed by atoms with Crippen molar-refractivity contribution in [2.24, 2.45) is 0 Å². The van der Waals surface area contributed by atoms with Crippen LogP contribution in [0.3, 0.4) is 0 Å². The molecule has 2 rings (SSSR count). The van der Waals surface area contributed by atoms with Crippen molar-refractivity contribution < 1.29 is 4.74 Å². The molecular weight excluding hydrogens is 280 g/mol. The van der Waals surface area contributed by atoms with E-state index in [1.54, 1.807) is 7.11 Å². The minimum Gasteiger partial charge on any atom is -0.494 e. The molecule has 0 aliphatic heterocycles. The number of methoxy groups -OCH3 is 1. The van der Waals surface area contributed by atoms with E-state index in [-0.39, 0.29) is 0 Å². The van der Waals surface area contributed by atoms with Gasteiger partial charge in [0.2, 0.25) is 0 Å². The van der Waals surface area contributed by atoms with Gasteiger partial charge in [0.25, 0.3) is 0 Å². The molecule has 0 saturated carbocycles. The van der Waals surface area contributed by atoms with E-state index < -0.39 is 0 Å². The number of alkyl halides is 1. The molecule has 0 atom stereocenters. The van der Waals surface area contributed by atoms with Crippen LogP contribution >= 0.6 is 23.4 Å². The smallest absolute Gasteiger partial charge is 0.146 e. The minimum absolute atomic E-state index is 0.429. The standard InChI is InChI=1S/C14H19ClN2OS/c1-3-19-9-5-8-17-11-6-4-7-12(18-2)14(11)16-13(17)10-15/h4,6-7H,3,5,8-10H2,1-2H3. The summed E-state index contributed by atoms with van der Waals surface area (Å²) in [5.74, 6) is 4.50. The van der Waals surface area contributed by atoms with Crippen molar-refractivity contribution in [3.63, 3.8) is 0 Å². The molecule has 1 aromatic heterocycles. The maximum Gasteiger partial charge on any atom is 0.146 e. The van der Waals surface area contributed by atoms with Gasteiger partial charge in [-0.1, -0.05) is 13.0 Å². The predicted octanol–water partition coefficient (Wildman–Crippen LogP) is 3.93. The first kappa shape index (κ1) is 14.5. The summed E-state index contributed by atoms with van der Waals surface area (Å²) in [5, 5.41) is 0. The number of fused-ring (bicyclic) bond motifs is 1. The number of para-hydroxylation sites is 1. The van der Waals surface area contributed by atoms with E-state index >= 15 is 0 Å². The molecule has 1 heterocycles. The van der Waals surface area contributed by atoms with Gasteiger partial charge in [0.1, 0.15) is 17.1 Å². The largest absolute Gasteiger partial charge is 0.494 e. The Morgan fingerprint density at radius 1 is 1.42 bits per heavy atom. The number of halogens is 1. The third-order valence-electron chi connectivity index (χ3n) is 3.03. The van der Waals surface area contributed by atoms with Crippen molar-refractivity contribution >= 4 is 34.4 Å². The monoisotopic (exact) mass is 298 g/mol. The molecule has 0 aliphatic carbocycles. The number of hydrogen-bond acceptors (Lipinski definition) is 3. The Balaban J connectivity index is 2.30. The molecule has 5 heteroatoms. The second-order valence-electron chi connectivity index (χ2n) is 4.19. The first-order chi connectivity index (χ1) is 9.31. The summed E-state index contributed by atoms with van der Waals surface area (Å²) in [6, 6.07) is 6.01. The Labute approximate surface area is 123 Å². The number of aromatic nitrogens is 2. The second kappa shape index (κ2) is 7.06. The van der Waals surface area contributed by atoms with Gasteiger partial charge in [0, 0.05) is 6.54 Å². The zero-order valence-electron chi connectivity index (χ0n) is 11.4. The zero-order valence-corrected chi connectivity index (χ0v) is 12.9. The van der Waals surface area contributed by atoms with Crippen LogP contribution in [0, 0.1) is 0 Å². The van der Waals surface area contributed by atoms with Crippen LogP contribution in [0.15, 0.2) is 18.2 Å². The third-order valence-corrected chi connectivity index (χ3v) is 4.26. The summed E-state index contributed by atoms with van der Waals surface area (Å²) in [6.07, 6.45) is 1.13. The lowest BCUT2D eigenvalue weighted by molar-refractivity contribution is 0.419. The average molecular weight is 299 g/mol. The molecular formula is C14H19ClN2OS. The first-order valence-electron chi connectivity index (χ1n) is 6.47. The average Bonchev–Trinajstić information content (AvgIpc) is 2.81. The zero-order chi connectivity index (χ0) is 13.7. The summed E-state index contributed by atoms with van der Waals surface area (Å²) in [7, 11) is 1.67. The number of rotatable bonds is 7. The van der Waals surface area contributed by atoms with Crippen molar-refractivity contribution in [1.82, 2.24) is 9.55 Å². The SMILES string of the molecule is CCSCCCn1c(CCl)nc2c(OC)cccc21. The Morgan fingerprint density at radius 2 is 2.26 bits per heavy atom. The molecule has 3 nitrogen and oxygen atoms in total. The van der Waals surface area contributed by atoms with Gasteiger partial charge in [-0.25, -0.2) is 4.98 Å². The van der Waals surface area contributed by atoms with E-state index in [0.29, 0.717) is 5.88 Å². The molecule has 1 aromatic carbocycles. The lowest BCUT2D eigenvalue weighted by Crippen LogP contribution is -2.03. The van der Waals surface area contributed by atoms with Crippen molar-refractivity contribution in [1.29, 1.82) is 0 Å². The lowest BCUT2D eigenvalue weighted by atomic mass is 10.3. The summed E-state index contributed by atoms with van der Waals surface area (Å²) in [5.41, 5.74) is 2.01. The van der Waals surface area contributed by atoms with Crippen LogP contribution in [-0.4, -0.2) is 28.2 Å². The quantitative estimate of drug-likeness (QED) is 0.572. The molecule has 2 aromatic rings. The number of benzene rings is 1. The second-order valence-corrected chi connectivity index (χ2v) is 5.85. The Bertz CT molecular complexity index is 541. The topological polar surface area (TPSA) is 27.1 Å². The molecule has 0 bridgehead atoms. The highest BCUT2D eigenvalue weighted by Gasteiger charge is 2.12. The Morgan fingerprint density at radius 3 is 2.95 bits per heavy atom. The van der Waals surface area contributed by atoms with Gasteiger partial charge >= 0.3 is 0 Å². The molecule has 0 radical (unpaired) electrons. The van der Waals surface area contributed by atoms with Crippen LogP contribution in [0.5, 0.6) is 5.75 Å². The van der Waals surface area contributed by atoms with Gasteiger partial charge in [-0.05, 0) is 30.1 Å². The van der Waals surface area contributed by atoms with E-state index in [4.69, 9.17) is 16.3 Å². The summed E-state index contributed by atoms with van der Waals surface area (Å²) < 4.78 is 7.57. The van der Waals surface area contributed by atoms with Gasteiger partial charge in [0.05, 0.1) is 18.5 Å². The van der Waals surface area contributed by atoms with Gasteiger partial charge in [-0.3, -0.25) is 0 Å². The molecule has 0 saturated heterocycles. The van der Waals surface area contributed by atoms with Crippen LogP contribution in [-0.2, 0) is 12.4 Å². The van der Waals surface area contributed by atoms with E-state index in [1.807, 2.05) is 23.9 Å². The van der Waals surface area contributed by atoms with E-state index in [2.05, 4.69) is 22.5 Å². The fraction of sp³-hybridized carbons (Fsp3) is 0.500. The number of aryl methyl sites for hydroxylation is 1. The minimum atomic E-state index is 0.429. The van der Waals surface area contributed by atoms with Crippen molar-refractivity contribution in [3.8, 4) is 5.75 Å². The van der Waals surface area contributed by atoms with Gasteiger partial charge in [-0.15, -0.1) is 11.6 Å². The van der Waals surface area contributed by atoms with Crippen molar-refractivity contribution in [3.05, 3.63) is 24.0 Å². The summed E-state index contributed by atoms with van der Waals surface area (Å²) >= 11 is 7.97. The Hall–Kier alpha value is -0.870. The van der Waals surface area contributed by atoms with E-state index in [0.717, 1.165) is 35.6 Å². The van der Waals surface area contributed by atoms with Crippen LogP contribution in [0.25, 0.3) is 11.0 Å². The predicted molar refractivity (Wildman–Crippen MR) is 83.5 cm³/mol. The molecule has 19 heavy (non-hydrogen) atoms. The maximum atomic E-state index is 6.01. The maximum absolute atomic E-state index is 6.01. The van der Waals surface area contributed by atoms with Crippen LogP contribution in [0.2, 0.25) is 0 Å². The fourth-order valence-corrected chi connectivity index (χ4v) is 2.98. The first-order valence-corrected chi connectivity index (χ1v) is 8.16. The van der Waals surface area contributed by atoms with Crippen LogP contribution in [0.1, 0.15) is 19.2 Å². The number of thioether (sulfide) groups is 1. The van der Waals surface area contributed by atoms with E-state index in [9.17, 15) is 0 Å². The van der Waals surface area contributed by atoms with Crippen molar-refractivity contribution in [2.45, 2.75) is 25.8 Å². The molecule has 0 aliphatic rings. The molecule has 0 spiro atoms. The van der Waals surface area contributed by atoms with E-state index in [1.165, 1.54) is 11.5 Å². The van der Waals surface area contributed by atoms with Crippen LogP contribution in [0.4, 0.5) is 0 Å². The normalized spacial score (nSPS) is 11.1. The van der Waals surface area contributed by atoms with Crippen LogP contribution < -0.4 is 4.74 Å². The fourth-order valence-electron chi connectivity index (χ4n) is 2.15. The summed E-state index contributed by atoms with van der Waals surface area (Å²) in [4.78, 5) is 4.60.